The lowest BCUT2D eigenvalue weighted by molar-refractivity contribution is -0.305. The lowest BCUT2D eigenvalue weighted by Gasteiger charge is -2.39. The molecule has 284 valence electrons. The zero-order valence-electron chi connectivity index (χ0n) is 30.4. The van der Waals surface area contributed by atoms with Crippen molar-refractivity contribution in [3.05, 3.63) is 72.9 Å². The van der Waals surface area contributed by atoms with E-state index in [4.69, 9.17) is 18.9 Å². The van der Waals surface area contributed by atoms with Gasteiger partial charge in [0.25, 0.3) is 0 Å². The molecule has 0 aliphatic carbocycles. The van der Waals surface area contributed by atoms with Crippen molar-refractivity contribution < 1.29 is 49.0 Å². The molecule has 0 aromatic carbocycles. The molecule has 0 aromatic heterocycles. The van der Waals surface area contributed by atoms with Gasteiger partial charge in [0.15, 0.2) is 12.4 Å². The van der Waals surface area contributed by atoms with Crippen LogP contribution >= 0.6 is 0 Å². The number of unbranched alkanes of at least 4 members (excludes halogenated alkanes) is 8. The number of hydrogen-bond acceptors (Lipinski definition) is 10. The molecule has 50 heavy (non-hydrogen) atoms. The molecule has 0 bridgehead atoms. The molecule has 1 aliphatic rings. The summed E-state index contributed by atoms with van der Waals surface area (Å²) in [5, 5.41) is 39.9. The van der Waals surface area contributed by atoms with Crippen molar-refractivity contribution in [3.8, 4) is 0 Å². The van der Waals surface area contributed by atoms with Crippen LogP contribution in [0.25, 0.3) is 0 Å². The fourth-order valence-corrected chi connectivity index (χ4v) is 5.00. The Morgan fingerprint density at radius 1 is 0.640 bits per heavy atom. The Balaban J connectivity index is 2.47. The van der Waals surface area contributed by atoms with Crippen molar-refractivity contribution in [3.63, 3.8) is 0 Å². The monoisotopic (exact) mass is 704 g/mol. The summed E-state index contributed by atoms with van der Waals surface area (Å²) in [7, 11) is 0. The Morgan fingerprint density at radius 3 is 1.92 bits per heavy atom. The number of ether oxygens (including phenoxy) is 4. The zero-order chi connectivity index (χ0) is 36.7. The molecular weight excluding hydrogens is 640 g/mol. The number of hydrogen-bond donors (Lipinski definition) is 4. The average Bonchev–Trinajstić information content (AvgIpc) is 3.11. The van der Waals surface area contributed by atoms with Crippen molar-refractivity contribution in [2.45, 2.75) is 147 Å². The second-order valence-corrected chi connectivity index (χ2v) is 12.4. The predicted octanol–water partition coefficient (Wildman–Crippen LogP) is 6.49. The first-order chi connectivity index (χ1) is 24.3. The van der Waals surface area contributed by atoms with E-state index < -0.39 is 55.4 Å². The van der Waals surface area contributed by atoms with Crippen molar-refractivity contribution in [1.82, 2.24) is 0 Å². The van der Waals surface area contributed by atoms with Gasteiger partial charge in [-0.1, -0.05) is 112 Å². The molecule has 0 spiro atoms. The van der Waals surface area contributed by atoms with E-state index in [0.29, 0.717) is 12.8 Å². The maximum atomic E-state index is 12.7. The van der Waals surface area contributed by atoms with Gasteiger partial charge in [0, 0.05) is 12.8 Å². The van der Waals surface area contributed by atoms with Crippen LogP contribution < -0.4 is 0 Å². The molecular formula is C40H64O10. The minimum absolute atomic E-state index is 0.176. The van der Waals surface area contributed by atoms with E-state index in [9.17, 15) is 30.0 Å². The minimum atomic E-state index is -1.61. The first-order valence-corrected chi connectivity index (χ1v) is 18.6. The Labute approximate surface area is 300 Å². The van der Waals surface area contributed by atoms with Gasteiger partial charge in [0.2, 0.25) is 0 Å². The molecule has 0 saturated carbocycles. The van der Waals surface area contributed by atoms with E-state index >= 15 is 0 Å². The molecule has 0 radical (unpaired) electrons. The van der Waals surface area contributed by atoms with Crippen LogP contribution in [0.1, 0.15) is 110 Å². The summed E-state index contributed by atoms with van der Waals surface area (Å²) in [4.78, 5) is 25.1. The van der Waals surface area contributed by atoms with Gasteiger partial charge >= 0.3 is 11.9 Å². The van der Waals surface area contributed by atoms with Gasteiger partial charge in [-0.2, -0.15) is 0 Å². The predicted molar refractivity (Wildman–Crippen MR) is 196 cm³/mol. The van der Waals surface area contributed by atoms with Crippen LogP contribution in [0, 0.1) is 0 Å². The molecule has 0 amide bonds. The van der Waals surface area contributed by atoms with Gasteiger partial charge < -0.3 is 39.4 Å². The number of aliphatic hydroxyl groups excluding tert-OH is 4. The summed E-state index contributed by atoms with van der Waals surface area (Å²) >= 11 is 0. The van der Waals surface area contributed by atoms with Gasteiger partial charge in [0.05, 0.1) is 13.2 Å². The molecule has 3 unspecified atom stereocenters. The molecule has 1 aliphatic heterocycles. The van der Waals surface area contributed by atoms with Crippen LogP contribution in [0.3, 0.4) is 0 Å². The number of carbonyl (C=O) groups is 2. The molecule has 1 fully saturated rings. The van der Waals surface area contributed by atoms with Crippen LogP contribution in [0.15, 0.2) is 72.9 Å². The largest absolute Gasteiger partial charge is 0.462 e. The Kier molecular flexibility index (Phi) is 27.9. The summed E-state index contributed by atoms with van der Waals surface area (Å²) in [5.74, 6) is -0.882. The maximum Gasteiger partial charge on any atom is 0.306 e. The van der Waals surface area contributed by atoms with Gasteiger partial charge in [-0.05, 0) is 57.8 Å². The highest BCUT2D eigenvalue weighted by Crippen LogP contribution is 2.22. The van der Waals surface area contributed by atoms with Gasteiger partial charge in [-0.25, -0.2) is 0 Å². The van der Waals surface area contributed by atoms with Crippen LogP contribution in [-0.4, -0.2) is 89.0 Å². The Hall–Kier alpha value is -2.86. The first-order valence-electron chi connectivity index (χ1n) is 18.6. The van der Waals surface area contributed by atoms with Crippen molar-refractivity contribution in [1.29, 1.82) is 0 Å². The second-order valence-electron chi connectivity index (χ2n) is 12.4. The third-order valence-electron chi connectivity index (χ3n) is 7.93. The first kappa shape index (κ1) is 45.2. The van der Waals surface area contributed by atoms with E-state index in [1.165, 1.54) is 0 Å². The van der Waals surface area contributed by atoms with Gasteiger partial charge in [-0.3, -0.25) is 9.59 Å². The van der Waals surface area contributed by atoms with Gasteiger partial charge in [0.1, 0.15) is 31.0 Å². The number of esters is 2. The van der Waals surface area contributed by atoms with Crippen molar-refractivity contribution in [2.24, 2.45) is 0 Å². The fraction of sp³-hybridized carbons (Fsp3) is 0.650. The quantitative estimate of drug-likeness (QED) is 0.0308. The highest BCUT2D eigenvalue weighted by Gasteiger charge is 2.44. The smallest absolute Gasteiger partial charge is 0.306 e. The van der Waals surface area contributed by atoms with Crippen LogP contribution in [0.4, 0.5) is 0 Å². The highest BCUT2D eigenvalue weighted by molar-refractivity contribution is 5.70. The van der Waals surface area contributed by atoms with E-state index in [0.717, 1.165) is 70.6 Å². The molecule has 10 nitrogen and oxygen atoms in total. The molecule has 1 rings (SSSR count). The standard InChI is InChI=1S/C40H64O10/c1-3-5-7-9-11-13-15-17-19-21-23-25-27-29-36(43)49-33(32-48-40-39(46)38(45)37(44)34(30-41)50-40)31-47-35(42)28-26-24-22-20-18-16-14-12-10-8-6-4-2/h5-9,11-15,17,19,33-34,37-41,44-46H,3-4,10,16,18,20-32H2,1-2H3/b7-5+,8-6+,11-9+,14-12+,15-13+,19-17+/t33?,34-,37+,38?,39?,40-/m0/s1. The second kappa shape index (κ2) is 30.9. The summed E-state index contributed by atoms with van der Waals surface area (Å²) in [6, 6.07) is 0. The third kappa shape index (κ3) is 22.8. The van der Waals surface area contributed by atoms with Crippen molar-refractivity contribution in [2.75, 3.05) is 19.8 Å². The Morgan fingerprint density at radius 2 is 1.22 bits per heavy atom. The van der Waals surface area contributed by atoms with Crippen molar-refractivity contribution >= 4 is 11.9 Å². The fourth-order valence-electron chi connectivity index (χ4n) is 5.00. The van der Waals surface area contributed by atoms with E-state index in [-0.39, 0.29) is 26.1 Å². The Bertz CT molecular complexity index is 1040. The summed E-state index contributed by atoms with van der Waals surface area (Å²) in [6.07, 6.45) is 29.2. The average molecular weight is 705 g/mol. The zero-order valence-corrected chi connectivity index (χ0v) is 30.4. The number of aliphatic hydroxyl groups is 4. The van der Waals surface area contributed by atoms with Crippen LogP contribution in [-0.2, 0) is 28.5 Å². The SMILES string of the molecule is CC/C=C/C=C/C=C/C=C/CCCCCC(=O)OC(COC(=O)CCCCCCC/C=C/C/C=C/CC)CO[C@H]1O[C@@H](CO)[C@@H](O)C(O)C1O. The number of allylic oxidation sites excluding steroid dienone is 12. The summed E-state index contributed by atoms with van der Waals surface area (Å²) in [6.45, 7) is 3.07. The molecule has 0 aromatic rings. The van der Waals surface area contributed by atoms with E-state index in [1.54, 1.807) is 0 Å². The number of rotatable bonds is 28. The van der Waals surface area contributed by atoms with Gasteiger partial charge in [-0.15, -0.1) is 0 Å². The lowest BCUT2D eigenvalue weighted by Crippen LogP contribution is -2.59. The van der Waals surface area contributed by atoms with Crippen LogP contribution in [0.5, 0.6) is 0 Å². The van der Waals surface area contributed by atoms with E-state index in [1.807, 2.05) is 36.5 Å². The topological polar surface area (TPSA) is 152 Å². The summed E-state index contributed by atoms with van der Waals surface area (Å²) in [5.41, 5.74) is 0. The molecule has 4 N–H and O–H groups in total. The van der Waals surface area contributed by atoms with E-state index in [2.05, 4.69) is 50.3 Å². The molecule has 10 heteroatoms. The molecule has 6 atom stereocenters. The molecule has 1 heterocycles. The number of carbonyl (C=O) groups excluding carboxylic acids is 2. The maximum absolute atomic E-state index is 12.7. The summed E-state index contributed by atoms with van der Waals surface area (Å²) < 4.78 is 22.0. The third-order valence-corrected chi connectivity index (χ3v) is 7.93. The normalized spacial score (nSPS) is 22.2. The lowest BCUT2D eigenvalue weighted by atomic mass is 9.99. The minimum Gasteiger partial charge on any atom is -0.462 e. The molecule has 1 saturated heterocycles. The highest BCUT2D eigenvalue weighted by atomic mass is 16.7. The van der Waals surface area contributed by atoms with Crippen LogP contribution in [0.2, 0.25) is 0 Å².